The van der Waals surface area contributed by atoms with Crippen molar-refractivity contribution in [3.8, 4) is 5.75 Å². The number of carbonyl (C=O) groups is 2. The van der Waals surface area contributed by atoms with Gasteiger partial charge in [-0.15, -0.1) is 5.01 Å². The first-order chi connectivity index (χ1) is 12.3. The Hall–Kier alpha value is -3.29. The highest BCUT2D eigenvalue weighted by molar-refractivity contribution is 6.07. The van der Waals surface area contributed by atoms with Crippen molar-refractivity contribution in [3.63, 3.8) is 0 Å². The van der Waals surface area contributed by atoms with Gasteiger partial charge in [-0.1, -0.05) is 12.1 Å². The van der Waals surface area contributed by atoms with E-state index in [0.29, 0.717) is 22.4 Å². The summed E-state index contributed by atoms with van der Waals surface area (Å²) in [5.74, 6) is -1.59. The topological polar surface area (TPSA) is 71.0 Å². The van der Waals surface area contributed by atoms with Crippen molar-refractivity contribution in [3.05, 3.63) is 65.2 Å². The minimum Gasteiger partial charge on any atom is -0.497 e. The fourth-order valence-corrected chi connectivity index (χ4v) is 2.58. The van der Waals surface area contributed by atoms with Crippen molar-refractivity contribution >= 4 is 18.2 Å². The predicted octanol–water partition coefficient (Wildman–Crippen LogP) is 2.77. The molecule has 0 aromatic heterocycles. The summed E-state index contributed by atoms with van der Waals surface area (Å²) >= 11 is 0. The maximum absolute atomic E-state index is 13.7. The van der Waals surface area contributed by atoms with Gasteiger partial charge in [-0.3, -0.25) is 4.79 Å². The molecule has 1 heterocycles. The number of nitrogens with zero attached hydrogens (tertiary/aromatic N) is 2. The van der Waals surface area contributed by atoms with Gasteiger partial charge in [0.15, 0.2) is 0 Å². The minimum absolute atomic E-state index is 0.0509. The van der Waals surface area contributed by atoms with Crippen LogP contribution in [0.3, 0.4) is 0 Å². The number of imide groups is 1. The van der Waals surface area contributed by atoms with E-state index in [9.17, 15) is 18.4 Å². The average molecular weight is 359 g/mol. The lowest BCUT2D eigenvalue weighted by molar-refractivity contribution is -0.131. The Morgan fingerprint density at radius 2 is 1.85 bits per heavy atom. The van der Waals surface area contributed by atoms with E-state index >= 15 is 0 Å². The number of amides is 3. The van der Waals surface area contributed by atoms with Crippen LogP contribution in [0.1, 0.15) is 18.1 Å². The van der Waals surface area contributed by atoms with Crippen molar-refractivity contribution in [2.75, 3.05) is 7.11 Å². The van der Waals surface area contributed by atoms with Crippen LogP contribution in [0.2, 0.25) is 0 Å². The number of nitrogens with one attached hydrogen (secondary N) is 1. The molecule has 2 aromatic rings. The Bertz CT molecular complexity index is 899. The van der Waals surface area contributed by atoms with Gasteiger partial charge in [0, 0.05) is 11.6 Å². The van der Waals surface area contributed by atoms with E-state index in [1.807, 2.05) is 0 Å². The summed E-state index contributed by atoms with van der Waals surface area (Å²) in [4.78, 5) is 24.9. The maximum atomic E-state index is 13.7. The van der Waals surface area contributed by atoms with E-state index in [2.05, 4.69) is 10.4 Å². The molecule has 0 spiro atoms. The van der Waals surface area contributed by atoms with Crippen molar-refractivity contribution in [1.29, 1.82) is 0 Å². The molecule has 0 radical (unpaired) electrons. The first kappa shape index (κ1) is 17.5. The number of methoxy groups -OCH3 is 1. The summed E-state index contributed by atoms with van der Waals surface area (Å²) in [5, 5.41) is 6.95. The largest absolute Gasteiger partial charge is 0.497 e. The number of ether oxygens (including phenoxy) is 1. The van der Waals surface area contributed by atoms with Gasteiger partial charge in [-0.25, -0.2) is 13.6 Å². The lowest BCUT2D eigenvalue weighted by Crippen LogP contribution is -2.40. The zero-order chi connectivity index (χ0) is 18.9. The third-order valence-electron chi connectivity index (χ3n) is 4.11. The molecule has 2 aromatic carbocycles. The van der Waals surface area contributed by atoms with Crippen LogP contribution in [0, 0.1) is 11.6 Å². The molecule has 0 bridgehead atoms. The fraction of sp³-hybridized carbons (Fsp3) is 0.167. The van der Waals surface area contributed by atoms with Crippen molar-refractivity contribution in [1.82, 2.24) is 10.3 Å². The van der Waals surface area contributed by atoms with Crippen molar-refractivity contribution < 1.29 is 23.1 Å². The number of urea groups is 1. The van der Waals surface area contributed by atoms with E-state index in [0.717, 1.165) is 18.3 Å². The number of benzene rings is 2. The highest BCUT2D eigenvalue weighted by atomic mass is 19.1. The lowest BCUT2D eigenvalue weighted by Gasteiger charge is -2.21. The molecule has 134 valence electrons. The van der Waals surface area contributed by atoms with Gasteiger partial charge in [-0.05, 0) is 36.8 Å². The molecule has 0 aliphatic carbocycles. The Kier molecular flexibility index (Phi) is 4.41. The summed E-state index contributed by atoms with van der Waals surface area (Å²) in [5.41, 5.74) is -0.824. The second kappa shape index (κ2) is 6.55. The normalized spacial score (nSPS) is 19.9. The highest BCUT2D eigenvalue weighted by Gasteiger charge is 2.49. The van der Waals surface area contributed by atoms with Crippen LogP contribution in [-0.2, 0) is 10.3 Å². The van der Waals surface area contributed by atoms with Gasteiger partial charge in [0.25, 0.3) is 5.91 Å². The van der Waals surface area contributed by atoms with Gasteiger partial charge in [0.2, 0.25) is 0 Å². The molecule has 3 amide bonds. The summed E-state index contributed by atoms with van der Waals surface area (Å²) in [6.45, 7) is 1.54. The number of halogens is 2. The second-order valence-corrected chi connectivity index (χ2v) is 5.81. The summed E-state index contributed by atoms with van der Waals surface area (Å²) < 4.78 is 31.7. The molecule has 1 N–H and O–H groups in total. The van der Waals surface area contributed by atoms with Crippen LogP contribution in [-0.4, -0.2) is 30.3 Å². The van der Waals surface area contributed by atoms with E-state index in [1.54, 1.807) is 31.2 Å². The zero-order valence-electron chi connectivity index (χ0n) is 14.0. The Morgan fingerprint density at radius 3 is 2.46 bits per heavy atom. The number of rotatable bonds is 4. The van der Waals surface area contributed by atoms with Crippen LogP contribution in [0.4, 0.5) is 13.6 Å². The Balaban J connectivity index is 1.87. The van der Waals surface area contributed by atoms with Crippen LogP contribution in [0.15, 0.2) is 47.6 Å². The van der Waals surface area contributed by atoms with Gasteiger partial charge in [-0.2, -0.15) is 5.10 Å². The van der Waals surface area contributed by atoms with E-state index in [-0.39, 0.29) is 5.56 Å². The standard InChI is InChI=1S/C18H15F2N3O3/c1-18(12-4-7-14(26-2)8-5-12)16(24)23(17(25)22-18)21-10-11-3-6-13(19)9-15(11)20/h3-10H,1-2H3,(H,22,25)/b21-10+. The third kappa shape index (κ3) is 3.01. The molecular weight excluding hydrogens is 344 g/mol. The van der Waals surface area contributed by atoms with Crippen LogP contribution in [0.25, 0.3) is 0 Å². The Labute approximate surface area is 148 Å². The molecular formula is C18H15F2N3O3. The van der Waals surface area contributed by atoms with Crippen molar-refractivity contribution in [2.45, 2.75) is 12.5 Å². The average Bonchev–Trinajstić information content (AvgIpc) is 2.84. The van der Waals surface area contributed by atoms with Crippen LogP contribution in [0.5, 0.6) is 5.75 Å². The zero-order valence-corrected chi connectivity index (χ0v) is 14.0. The molecule has 1 fully saturated rings. The molecule has 3 rings (SSSR count). The summed E-state index contributed by atoms with van der Waals surface area (Å²) in [7, 11) is 1.52. The number of hydrogen-bond acceptors (Lipinski definition) is 4. The molecule has 26 heavy (non-hydrogen) atoms. The maximum Gasteiger partial charge on any atom is 0.346 e. The third-order valence-corrected chi connectivity index (χ3v) is 4.11. The molecule has 1 unspecified atom stereocenters. The Morgan fingerprint density at radius 1 is 1.15 bits per heavy atom. The van der Waals surface area contributed by atoms with Gasteiger partial charge in [0.1, 0.15) is 22.9 Å². The van der Waals surface area contributed by atoms with E-state index in [4.69, 9.17) is 4.74 Å². The smallest absolute Gasteiger partial charge is 0.346 e. The minimum atomic E-state index is -1.32. The first-order valence-corrected chi connectivity index (χ1v) is 7.65. The monoisotopic (exact) mass is 359 g/mol. The van der Waals surface area contributed by atoms with E-state index in [1.165, 1.54) is 7.11 Å². The molecule has 0 saturated carbocycles. The first-order valence-electron chi connectivity index (χ1n) is 7.65. The van der Waals surface area contributed by atoms with E-state index < -0.39 is 29.1 Å². The summed E-state index contributed by atoms with van der Waals surface area (Å²) in [6, 6.07) is 8.81. The highest BCUT2D eigenvalue weighted by Crippen LogP contribution is 2.30. The van der Waals surface area contributed by atoms with Gasteiger partial charge < -0.3 is 10.1 Å². The van der Waals surface area contributed by atoms with Crippen LogP contribution >= 0.6 is 0 Å². The molecule has 6 nitrogen and oxygen atoms in total. The SMILES string of the molecule is COc1ccc(C2(C)NC(=O)N(/N=C/c3ccc(F)cc3F)C2=O)cc1. The molecule has 1 saturated heterocycles. The quantitative estimate of drug-likeness (QED) is 0.674. The number of hydrazone groups is 1. The van der Waals surface area contributed by atoms with Crippen molar-refractivity contribution in [2.24, 2.45) is 5.10 Å². The van der Waals surface area contributed by atoms with Gasteiger partial charge >= 0.3 is 6.03 Å². The number of hydrogen-bond donors (Lipinski definition) is 1. The second-order valence-electron chi connectivity index (χ2n) is 5.81. The van der Waals surface area contributed by atoms with Gasteiger partial charge in [0.05, 0.1) is 13.3 Å². The molecule has 8 heteroatoms. The fourth-order valence-electron chi connectivity index (χ4n) is 2.58. The molecule has 1 aliphatic heterocycles. The molecule has 1 atom stereocenters. The van der Waals surface area contributed by atoms with Crippen LogP contribution < -0.4 is 10.1 Å². The number of carbonyl (C=O) groups excluding carboxylic acids is 2. The summed E-state index contributed by atoms with van der Waals surface area (Å²) in [6.07, 6.45) is 0.992. The predicted molar refractivity (Wildman–Crippen MR) is 89.7 cm³/mol. The molecule has 1 aliphatic rings. The lowest BCUT2D eigenvalue weighted by atomic mass is 9.92.